The van der Waals surface area contributed by atoms with E-state index in [1.165, 1.54) is 18.4 Å². The van der Waals surface area contributed by atoms with Gasteiger partial charge in [-0.15, -0.1) is 0 Å². The van der Waals surface area contributed by atoms with Crippen molar-refractivity contribution in [1.82, 2.24) is 15.0 Å². The Bertz CT molecular complexity index is 938. The highest BCUT2D eigenvalue weighted by Crippen LogP contribution is 2.32. The molecule has 0 bridgehead atoms. The molecule has 0 unspecified atom stereocenters. The molecule has 1 aliphatic rings. The molecule has 1 aliphatic carbocycles. The van der Waals surface area contributed by atoms with Crippen molar-refractivity contribution >= 4 is 11.6 Å². The summed E-state index contributed by atoms with van der Waals surface area (Å²) in [7, 11) is 3.21. The lowest BCUT2D eigenvalue weighted by Gasteiger charge is -2.19. The standard InChI is InChI=1S/C21H22ClN3O3/c1-26-18-10-5-15(11-19(18)27-2)21-23-20(28-24-21)13-25(17-8-9-17)12-14-3-6-16(22)7-4-14/h3-7,10-11,17H,8-9,12-13H2,1-2H3. The van der Waals surface area contributed by atoms with E-state index in [1.807, 2.05) is 30.3 Å². The topological polar surface area (TPSA) is 60.6 Å². The van der Waals surface area contributed by atoms with Gasteiger partial charge in [-0.3, -0.25) is 4.90 Å². The zero-order valence-electron chi connectivity index (χ0n) is 15.9. The molecular formula is C21H22ClN3O3. The molecule has 1 fully saturated rings. The molecule has 1 heterocycles. The van der Waals surface area contributed by atoms with Crippen LogP contribution < -0.4 is 9.47 Å². The summed E-state index contributed by atoms with van der Waals surface area (Å²) in [6, 6.07) is 14.1. The molecular weight excluding hydrogens is 378 g/mol. The van der Waals surface area contributed by atoms with Gasteiger partial charge in [0.05, 0.1) is 20.8 Å². The van der Waals surface area contributed by atoms with Gasteiger partial charge < -0.3 is 14.0 Å². The van der Waals surface area contributed by atoms with Crippen LogP contribution in [0.15, 0.2) is 47.0 Å². The second-order valence-electron chi connectivity index (χ2n) is 6.84. The van der Waals surface area contributed by atoms with Crippen LogP contribution >= 0.6 is 11.6 Å². The number of aromatic nitrogens is 2. The predicted octanol–water partition coefficient (Wildman–Crippen LogP) is 4.57. The van der Waals surface area contributed by atoms with E-state index in [4.69, 9.17) is 25.6 Å². The Morgan fingerprint density at radius 2 is 1.79 bits per heavy atom. The van der Waals surface area contributed by atoms with Crippen molar-refractivity contribution in [2.75, 3.05) is 14.2 Å². The van der Waals surface area contributed by atoms with Crippen molar-refractivity contribution < 1.29 is 14.0 Å². The first-order valence-corrected chi connectivity index (χ1v) is 9.57. The third-order valence-electron chi connectivity index (χ3n) is 4.81. The van der Waals surface area contributed by atoms with E-state index < -0.39 is 0 Å². The number of benzene rings is 2. The molecule has 2 aromatic carbocycles. The van der Waals surface area contributed by atoms with Crippen molar-refractivity contribution in [2.45, 2.75) is 32.0 Å². The monoisotopic (exact) mass is 399 g/mol. The lowest BCUT2D eigenvalue weighted by molar-refractivity contribution is 0.209. The lowest BCUT2D eigenvalue weighted by Crippen LogP contribution is -2.25. The summed E-state index contributed by atoms with van der Waals surface area (Å²) < 4.78 is 16.2. The summed E-state index contributed by atoms with van der Waals surface area (Å²) in [5.74, 6) is 2.44. The normalized spacial score (nSPS) is 13.7. The molecule has 1 aromatic heterocycles. The first kappa shape index (κ1) is 18.8. The van der Waals surface area contributed by atoms with Crippen LogP contribution in [0.5, 0.6) is 11.5 Å². The SMILES string of the molecule is COc1ccc(-c2noc(CN(Cc3ccc(Cl)cc3)C3CC3)n2)cc1OC. The lowest BCUT2D eigenvalue weighted by atomic mass is 10.2. The number of nitrogens with zero attached hydrogens (tertiary/aromatic N) is 3. The van der Waals surface area contributed by atoms with E-state index >= 15 is 0 Å². The quantitative estimate of drug-likeness (QED) is 0.553. The molecule has 0 amide bonds. The van der Waals surface area contributed by atoms with Gasteiger partial charge in [-0.1, -0.05) is 28.9 Å². The van der Waals surface area contributed by atoms with Gasteiger partial charge in [0.1, 0.15) is 0 Å². The van der Waals surface area contributed by atoms with E-state index in [0.29, 0.717) is 35.8 Å². The van der Waals surface area contributed by atoms with Gasteiger partial charge >= 0.3 is 0 Å². The van der Waals surface area contributed by atoms with Crippen LogP contribution in [0.4, 0.5) is 0 Å². The maximum absolute atomic E-state index is 5.99. The maximum Gasteiger partial charge on any atom is 0.241 e. The van der Waals surface area contributed by atoms with Crippen molar-refractivity contribution in [2.24, 2.45) is 0 Å². The molecule has 0 spiro atoms. The van der Waals surface area contributed by atoms with Gasteiger partial charge in [0.2, 0.25) is 11.7 Å². The molecule has 6 nitrogen and oxygen atoms in total. The molecule has 0 N–H and O–H groups in total. The van der Waals surface area contributed by atoms with Crippen molar-refractivity contribution in [3.8, 4) is 22.9 Å². The summed E-state index contributed by atoms with van der Waals surface area (Å²) >= 11 is 5.99. The Hall–Kier alpha value is -2.57. The molecule has 28 heavy (non-hydrogen) atoms. The van der Waals surface area contributed by atoms with Crippen LogP contribution in [0.3, 0.4) is 0 Å². The van der Waals surface area contributed by atoms with Crippen molar-refractivity contribution in [3.05, 3.63) is 58.9 Å². The van der Waals surface area contributed by atoms with Crippen molar-refractivity contribution in [3.63, 3.8) is 0 Å². The van der Waals surface area contributed by atoms with Gasteiger partial charge in [-0.05, 0) is 48.7 Å². The molecule has 0 radical (unpaired) electrons. The zero-order chi connectivity index (χ0) is 19.5. The van der Waals surface area contributed by atoms with E-state index in [2.05, 4.69) is 27.2 Å². The molecule has 7 heteroatoms. The Kier molecular flexibility index (Phi) is 5.50. The van der Waals surface area contributed by atoms with Gasteiger partial charge in [-0.25, -0.2) is 0 Å². The Balaban J connectivity index is 1.49. The van der Waals surface area contributed by atoms with Gasteiger partial charge in [0, 0.05) is 23.2 Å². The van der Waals surface area contributed by atoms with Crippen LogP contribution in [0.25, 0.3) is 11.4 Å². The predicted molar refractivity (Wildman–Crippen MR) is 107 cm³/mol. The first-order valence-electron chi connectivity index (χ1n) is 9.19. The molecule has 146 valence electrons. The third kappa shape index (κ3) is 4.29. The molecule has 3 aromatic rings. The Morgan fingerprint density at radius 1 is 1.04 bits per heavy atom. The zero-order valence-corrected chi connectivity index (χ0v) is 16.6. The summed E-state index contributed by atoms with van der Waals surface area (Å²) in [5.41, 5.74) is 2.04. The third-order valence-corrected chi connectivity index (χ3v) is 5.06. The largest absolute Gasteiger partial charge is 0.493 e. The summed E-state index contributed by atoms with van der Waals surface area (Å²) in [4.78, 5) is 6.95. The molecule has 0 saturated heterocycles. The highest BCUT2D eigenvalue weighted by Gasteiger charge is 2.30. The average molecular weight is 400 g/mol. The molecule has 1 saturated carbocycles. The van der Waals surface area contributed by atoms with E-state index in [0.717, 1.165) is 17.1 Å². The number of ether oxygens (including phenoxy) is 2. The van der Waals surface area contributed by atoms with Gasteiger partial charge in [0.25, 0.3) is 0 Å². The molecule has 0 atom stereocenters. The molecule has 4 rings (SSSR count). The van der Waals surface area contributed by atoms with E-state index in [9.17, 15) is 0 Å². The second-order valence-corrected chi connectivity index (χ2v) is 7.28. The van der Waals surface area contributed by atoms with E-state index in [1.54, 1.807) is 14.2 Å². The fraction of sp³-hybridized carbons (Fsp3) is 0.333. The number of methoxy groups -OCH3 is 2. The summed E-state index contributed by atoms with van der Waals surface area (Å²) in [5, 5.41) is 4.89. The maximum atomic E-state index is 5.99. The van der Waals surface area contributed by atoms with Crippen molar-refractivity contribution in [1.29, 1.82) is 0 Å². The summed E-state index contributed by atoms with van der Waals surface area (Å²) in [6.07, 6.45) is 2.40. The fourth-order valence-corrected chi connectivity index (χ4v) is 3.29. The van der Waals surface area contributed by atoms with Gasteiger partial charge in [-0.2, -0.15) is 4.98 Å². The van der Waals surface area contributed by atoms with Crippen LogP contribution in [0.2, 0.25) is 5.02 Å². The van der Waals surface area contributed by atoms with Crippen LogP contribution in [-0.4, -0.2) is 35.3 Å². The van der Waals surface area contributed by atoms with Crippen LogP contribution in [-0.2, 0) is 13.1 Å². The smallest absolute Gasteiger partial charge is 0.241 e. The highest BCUT2D eigenvalue weighted by molar-refractivity contribution is 6.30. The Morgan fingerprint density at radius 3 is 2.46 bits per heavy atom. The first-order chi connectivity index (χ1) is 13.7. The second kappa shape index (κ2) is 8.20. The number of halogens is 1. The van der Waals surface area contributed by atoms with Crippen LogP contribution in [0.1, 0.15) is 24.3 Å². The average Bonchev–Trinajstić information content (AvgIpc) is 3.47. The minimum atomic E-state index is 0.540. The van der Waals surface area contributed by atoms with Gasteiger partial charge in [0.15, 0.2) is 11.5 Å². The number of hydrogen-bond acceptors (Lipinski definition) is 6. The minimum absolute atomic E-state index is 0.540. The summed E-state index contributed by atoms with van der Waals surface area (Å²) in [6.45, 7) is 1.45. The minimum Gasteiger partial charge on any atom is -0.493 e. The number of hydrogen-bond donors (Lipinski definition) is 0. The Labute approximate surface area is 169 Å². The highest BCUT2D eigenvalue weighted by atomic mass is 35.5. The van der Waals surface area contributed by atoms with E-state index in [-0.39, 0.29) is 0 Å². The van der Waals surface area contributed by atoms with Crippen LogP contribution in [0, 0.1) is 0 Å². The number of rotatable bonds is 8. The molecule has 0 aliphatic heterocycles. The fourth-order valence-electron chi connectivity index (χ4n) is 3.16.